The SMILES string of the molecule is O=C(CC1CCCCCC1)N1CCC(OCCO)CC1. The summed E-state index contributed by atoms with van der Waals surface area (Å²) < 4.78 is 5.54. The summed E-state index contributed by atoms with van der Waals surface area (Å²) >= 11 is 0. The van der Waals surface area contributed by atoms with Gasteiger partial charge < -0.3 is 14.7 Å². The standard InChI is InChI=1S/C16H29NO3/c18-11-12-20-15-7-9-17(10-8-15)16(19)13-14-5-3-1-2-4-6-14/h14-15,18H,1-13H2. The molecule has 116 valence electrons. The van der Waals surface area contributed by atoms with Gasteiger partial charge in [-0.2, -0.15) is 0 Å². The molecule has 4 heteroatoms. The minimum Gasteiger partial charge on any atom is -0.394 e. The minimum absolute atomic E-state index is 0.0842. The molecule has 1 aliphatic heterocycles. The third kappa shape index (κ3) is 5.06. The molecular weight excluding hydrogens is 254 g/mol. The van der Waals surface area contributed by atoms with Gasteiger partial charge in [0.15, 0.2) is 0 Å². The summed E-state index contributed by atoms with van der Waals surface area (Å²) in [4.78, 5) is 14.4. The summed E-state index contributed by atoms with van der Waals surface area (Å²) in [5, 5.41) is 8.75. The van der Waals surface area contributed by atoms with E-state index in [1.54, 1.807) is 0 Å². The fraction of sp³-hybridized carbons (Fsp3) is 0.938. The van der Waals surface area contributed by atoms with Crippen molar-refractivity contribution in [3.05, 3.63) is 0 Å². The van der Waals surface area contributed by atoms with Gasteiger partial charge >= 0.3 is 0 Å². The molecule has 0 atom stereocenters. The number of rotatable bonds is 5. The largest absolute Gasteiger partial charge is 0.394 e. The molecule has 0 radical (unpaired) electrons. The molecule has 0 aromatic carbocycles. The summed E-state index contributed by atoms with van der Waals surface area (Å²) in [6, 6.07) is 0. The van der Waals surface area contributed by atoms with Crippen LogP contribution < -0.4 is 0 Å². The second-order valence-corrected chi connectivity index (χ2v) is 6.24. The number of likely N-dealkylation sites (tertiary alicyclic amines) is 1. The van der Waals surface area contributed by atoms with E-state index in [4.69, 9.17) is 9.84 Å². The molecule has 2 aliphatic rings. The molecule has 0 spiro atoms. The molecule has 1 saturated carbocycles. The van der Waals surface area contributed by atoms with Crippen LogP contribution in [0.1, 0.15) is 57.8 Å². The van der Waals surface area contributed by atoms with Crippen LogP contribution in [0.4, 0.5) is 0 Å². The Bertz CT molecular complexity index is 279. The predicted octanol–water partition coefficient (Wildman–Crippen LogP) is 2.35. The van der Waals surface area contributed by atoms with Crippen LogP contribution in [-0.4, -0.2) is 48.3 Å². The predicted molar refractivity (Wildman–Crippen MR) is 78.4 cm³/mol. The van der Waals surface area contributed by atoms with E-state index in [9.17, 15) is 4.79 Å². The lowest BCUT2D eigenvalue weighted by Gasteiger charge is -2.32. The fourth-order valence-electron chi connectivity index (χ4n) is 3.44. The molecular formula is C16H29NO3. The Kier molecular flexibility index (Phi) is 6.80. The van der Waals surface area contributed by atoms with Crippen molar-refractivity contribution < 1.29 is 14.6 Å². The maximum Gasteiger partial charge on any atom is 0.222 e. The van der Waals surface area contributed by atoms with Crippen molar-refractivity contribution in [1.29, 1.82) is 0 Å². The van der Waals surface area contributed by atoms with Gasteiger partial charge in [-0.15, -0.1) is 0 Å². The van der Waals surface area contributed by atoms with Crippen LogP contribution in [0.15, 0.2) is 0 Å². The molecule has 1 amide bonds. The number of hydrogen-bond donors (Lipinski definition) is 1. The minimum atomic E-state index is 0.0842. The number of hydrogen-bond acceptors (Lipinski definition) is 3. The lowest BCUT2D eigenvalue weighted by atomic mass is 9.95. The van der Waals surface area contributed by atoms with Crippen LogP contribution in [0.5, 0.6) is 0 Å². The van der Waals surface area contributed by atoms with Gasteiger partial charge in [-0.3, -0.25) is 4.79 Å². The van der Waals surface area contributed by atoms with Crippen molar-refractivity contribution in [2.45, 2.75) is 63.9 Å². The van der Waals surface area contributed by atoms with Gasteiger partial charge in [0, 0.05) is 19.5 Å². The highest BCUT2D eigenvalue weighted by molar-refractivity contribution is 5.76. The van der Waals surface area contributed by atoms with Crippen molar-refractivity contribution in [3.63, 3.8) is 0 Å². The number of ether oxygens (including phenoxy) is 1. The van der Waals surface area contributed by atoms with Gasteiger partial charge in [-0.25, -0.2) is 0 Å². The number of carbonyl (C=O) groups is 1. The van der Waals surface area contributed by atoms with E-state index in [2.05, 4.69) is 0 Å². The quantitative estimate of drug-likeness (QED) is 0.788. The molecule has 1 saturated heterocycles. The van der Waals surface area contributed by atoms with Crippen LogP contribution in [-0.2, 0) is 9.53 Å². The van der Waals surface area contributed by atoms with Gasteiger partial charge in [0.2, 0.25) is 5.91 Å². The van der Waals surface area contributed by atoms with Crippen LogP contribution in [0, 0.1) is 5.92 Å². The number of nitrogens with zero attached hydrogens (tertiary/aromatic N) is 1. The van der Waals surface area contributed by atoms with Crippen molar-refractivity contribution in [2.24, 2.45) is 5.92 Å². The van der Waals surface area contributed by atoms with E-state index in [1.165, 1.54) is 38.5 Å². The van der Waals surface area contributed by atoms with Crippen LogP contribution in [0.2, 0.25) is 0 Å². The van der Waals surface area contributed by atoms with E-state index in [1.807, 2.05) is 4.90 Å². The fourth-order valence-corrected chi connectivity index (χ4v) is 3.44. The van der Waals surface area contributed by atoms with Crippen molar-refractivity contribution in [2.75, 3.05) is 26.3 Å². The molecule has 20 heavy (non-hydrogen) atoms. The molecule has 0 unspecified atom stereocenters. The van der Waals surface area contributed by atoms with Crippen LogP contribution >= 0.6 is 0 Å². The van der Waals surface area contributed by atoms with E-state index >= 15 is 0 Å². The third-order valence-corrected chi connectivity index (χ3v) is 4.68. The number of carbonyl (C=O) groups excluding carboxylic acids is 1. The van der Waals surface area contributed by atoms with Gasteiger partial charge in [0.25, 0.3) is 0 Å². The summed E-state index contributed by atoms with van der Waals surface area (Å²) in [5.74, 6) is 0.964. The lowest BCUT2D eigenvalue weighted by molar-refractivity contribution is -0.135. The molecule has 0 bridgehead atoms. The van der Waals surface area contributed by atoms with E-state index in [0.29, 0.717) is 18.4 Å². The topological polar surface area (TPSA) is 49.8 Å². The second-order valence-electron chi connectivity index (χ2n) is 6.24. The number of aliphatic hydroxyl groups is 1. The van der Waals surface area contributed by atoms with Crippen LogP contribution in [0.25, 0.3) is 0 Å². The first-order valence-electron chi connectivity index (χ1n) is 8.30. The average molecular weight is 283 g/mol. The summed E-state index contributed by atoms with van der Waals surface area (Å²) in [6.45, 7) is 2.14. The lowest BCUT2D eigenvalue weighted by Crippen LogP contribution is -2.41. The second kappa shape index (κ2) is 8.63. The molecule has 0 aromatic rings. The highest BCUT2D eigenvalue weighted by Crippen LogP contribution is 2.26. The van der Waals surface area contributed by atoms with Crippen molar-refractivity contribution in [3.8, 4) is 0 Å². The smallest absolute Gasteiger partial charge is 0.222 e. The van der Waals surface area contributed by atoms with Gasteiger partial charge in [-0.05, 0) is 31.6 Å². The van der Waals surface area contributed by atoms with Gasteiger partial charge in [-0.1, -0.05) is 25.7 Å². The Morgan fingerprint density at radius 1 is 1.05 bits per heavy atom. The zero-order valence-corrected chi connectivity index (χ0v) is 12.6. The Labute approximate surface area is 122 Å². The van der Waals surface area contributed by atoms with Gasteiger partial charge in [0.05, 0.1) is 19.3 Å². The van der Waals surface area contributed by atoms with Crippen LogP contribution in [0.3, 0.4) is 0 Å². The molecule has 1 heterocycles. The summed E-state index contributed by atoms with van der Waals surface area (Å²) in [7, 11) is 0. The first-order valence-corrected chi connectivity index (χ1v) is 8.30. The zero-order valence-electron chi connectivity index (χ0n) is 12.6. The molecule has 2 fully saturated rings. The highest BCUT2D eigenvalue weighted by Gasteiger charge is 2.25. The maximum absolute atomic E-state index is 12.3. The normalized spacial score (nSPS) is 22.8. The van der Waals surface area contributed by atoms with Crippen molar-refractivity contribution >= 4 is 5.91 Å². The summed E-state index contributed by atoms with van der Waals surface area (Å²) in [6.07, 6.45) is 10.6. The Hall–Kier alpha value is -0.610. The first-order chi connectivity index (χ1) is 9.79. The number of amides is 1. The Morgan fingerprint density at radius 3 is 2.30 bits per heavy atom. The Morgan fingerprint density at radius 2 is 1.70 bits per heavy atom. The molecule has 1 N–H and O–H groups in total. The number of piperidine rings is 1. The maximum atomic E-state index is 12.3. The zero-order chi connectivity index (χ0) is 14.2. The van der Waals surface area contributed by atoms with E-state index in [-0.39, 0.29) is 12.7 Å². The van der Waals surface area contributed by atoms with E-state index < -0.39 is 0 Å². The molecule has 4 nitrogen and oxygen atoms in total. The van der Waals surface area contributed by atoms with Crippen molar-refractivity contribution in [1.82, 2.24) is 4.90 Å². The van der Waals surface area contributed by atoms with E-state index in [0.717, 1.165) is 32.4 Å². The first kappa shape index (κ1) is 15.8. The molecule has 0 aromatic heterocycles. The monoisotopic (exact) mass is 283 g/mol. The highest BCUT2D eigenvalue weighted by atomic mass is 16.5. The number of aliphatic hydroxyl groups excluding tert-OH is 1. The third-order valence-electron chi connectivity index (χ3n) is 4.68. The average Bonchev–Trinajstić information content (AvgIpc) is 2.74. The summed E-state index contributed by atoms with van der Waals surface area (Å²) in [5.41, 5.74) is 0. The van der Waals surface area contributed by atoms with Gasteiger partial charge in [0.1, 0.15) is 0 Å². The molecule has 2 rings (SSSR count). The Balaban J connectivity index is 1.68. The molecule has 1 aliphatic carbocycles.